The van der Waals surface area contributed by atoms with Gasteiger partial charge in [0, 0.05) is 37.1 Å². The van der Waals surface area contributed by atoms with Crippen LogP contribution in [-0.4, -0.2) is 82.0 Å². The Morgan fingerprint density at radius 2 is 1.84 bits per heavy atom. The summed E-state index contributed by atoms with van der Waals surface area (Å²) < 4.78 is 24.7. The fourth-order valence-electron chi connectivity index (χ4n) is 5.54. The van der Waals surface area contributed by atoms with E-state index in [1.807, 2.05) is 11.8 Å². The van der Waals surface area contributed by atoms with Gasteiger partial charge in [0.1, 0.15) is 34.2 Å². The number of thiazole rings is 1. The summed E-state index contributed by atoms with van der Waals surface area (Å²) in [5.74, 6) is -1.46. The minimum absolute atomic E-state index is 0.0674. The fourth-order valence-corrected chi connectivity index (χ4v) is 6.48. The third-order valence-electron chi connectivity index (χ3n) is 7.88. The first-order valence-corrected chi connectivity index (χ1v) is 15.6. The highest BCUT2D eigenvalue weighted by molar-refractivity contribution is 7.10. The zero-order valence-corrected chi connectivity index (χ0v) is 26.4. The summed E-state index contributed by atoms with van der Waals surface area (Å²) in [5.41, 5.74) is -0.143. The number of ether oxygens (including phenoxy) is 2. The predicted octanol–water partition coefficient (Wildman–Crippen LogP) is 4.87. The molecule has 0 spiro atoms. The number of ketones is 1. The second-order valence-corrected chi connectivity index (χ2v) is 13.0. The lowest BCUT2D eigenvalue weighted by Crippen LogP contribution is -2.57. The summed E-state index contributed by atoms with van der Waals surface area (Å²) in [6, 6.07) is 3.14. The minimum Gasteiger partial charge on any atom is -0.444 e. The van der Waals surface area contributed by atoms with Crippen LogP contribution >= 0.6 is 11.3 Å². The van der Waals surface area contributed by atoms with E-state index in [1.165, 1.54) is 47.5 Å². The van der Waals surface area contributed by atoms with Crippen molar-refractivity contribution in [2.24, 2.45) is 0 Å². The Labute approximate surface area is 255 Å². The zero-order valence-electron chi connectivity index (χ0n) is 25.6. The van der Waals surface area contributed by atoms with Crippen LogP contribution < -0.4 is 5.32 Å². The van der Waals surface area contributed by atoms with Crippen LogP contribution in [0.4, 0.5) is 9.18 Å². The van der Waals surface area contributed by atoms with Gasteiger partial charge in [-0.1, -0.05) is 0 Å². The Bertz CT molecular complexity index is 1330. The molecule has 5 atom stereocenters. The third kappa shape index (κ3) is 7.77. The van der Waals surface area contributed by atoms with Crippen molar-refractivity contribution in [3.63, 3.8) is 0 Å². The summed E-state index contributed by atoms with van der Waals surface area (Å²) in [6.07, 6.45) is 2.35. The smallest absolute Gasteiger partial charge is 0.410 e. The second kappa shape index (κ2) is 13.5. The molecule has 2 fully saturated rings. The molecule has 0 unspecified atom stereocenters. The largest absolute Gasteiger partial charge is 0.444 e. The molecule has 1 aromatic carbocycles. The van der Waals surface area contributed by atoms with E-state index >= 15 is 0 Å². The Morgan fingerprint density at radius 3 is 2.49 bits per heavy atom. The van der Waals surface area contributed by atoms with Crippen LogP contribution in [0.2, 0.25) is 0 Å². The first-order valence-electron chi connectivity index (χ1n) is 14.7. The highest BCUT2D eigenvalue weighted by Crippen LogP contribution is 2.41. The average molecular weight is 617 g/mol. The predicted molar refractivity (Wildman–Crippen MR) is 159 cm³/mol. The lowest BCUT2D eigenvalue weighted by molar-refractivity contribution is -0.142. The van der Waals surface area contributed by atoms with Crippen molar-refractivity contribution in [1.29, 1.82) is 0 Å². The van der Waals surface area contributed by atoms with Crippen LogP contribution in [0.5, 0.6) is 0 Å². The molecule has 2 aromatic rings. The molecule has 3 amide bonds. The van der Waals surface area contributed by atoms with Gasteiger partial charge < -0.3 is 19.7 Å². The van der Waals surface area contributed by atoms with Crippen molar-refractivity contribution in [1.82, 2.24) is 20.1 Å². The Balaban J connectivity index is 1.54. The van der Waals surface area contributed by atoms with Gasteiger partial charge in [-0.05, 0) is 84.6 Å². The van der Waals surface area contributed by atoms with Gasteiger partial charge >= 0.3 is 6.09 Å². The normalized spacial score (nSPS) is 23.1. The first kappa shape index (κ1) is 32.5. The number of amides is 3. The van der Waals surface area contributed by atoms with Crippen molar-refractivity contribution in [2.75, 3.05) is 13.7 Å². The van der Waals surface area contributed by atoms with Gasteiger partial charge in [-0.25, -0.2) is 14.2 Å². The number of hydrogen-bond acceptors (Lipinski definition) is 8. The van der Waals surface area contributed by atoms with Crippen molar-refractivity contribution >= 4 is 35.0 Å². The Kier molecular flexibility index (Phi) is 10.2. The molecule has 10 nitrogen and oxygen atoms in total. The van der Waals surface area contributed by atoms with E-state index in [4.69, 9.17) is 9.47 Å². The fraction of sp³-hybridized carbons (Fsp3) is 0.581. The number of rotatable bonds is 8. The highest BCUT2D eigenvalue weighted by Gasteiger charge is 2.44. The van der Waals surface area contributed by atoms with E-state index in [2.05, 4.69) is 10.3 Å². The number of halogens is 1. The van der Waals surface area contributed by atoms with E-state index < -0.39 is 35.5 Å². The lowest BCUT2D eigenvalue weighted by Gasteiger charge is -2.38. The maximum absolute atomic E-state index is 14.2. The molecule has 1 aromatic heterocycles. The molecule has 2 saturated heterocycles. The summed E-state index contributed by atoms with van der Waals surface area (Å²) in [4.78, 5) is 60.8. The molecule has 0 bridgehead atoms. The zero-order chi connectivity index (χ0) is 31.5. The van der Waals surface area contributed by atoms with Gasteiger partial charge in [-0.3, -0.25) is 19.3 Å². The third-order valence-corrected chi connectivity index (χ3v) is 8.83. The minimum atomic E-state index is -0.886. The standard InChI is InChI=1S/C31H41FN4O6S/c1-7-41-22-14-12-21-13-15-25(28-34-24(17-43-28)26(37)19-8-10-20(32)11-9-19)36(21)29(39)23(16-22)33-27(38)18(2)35(6)30(40)42-31(3,4)5/h8-11,17-18,21-23,25H,7,12-16H2,1-6H3,(H,33,38)/t18-,21-,22+,23-,25-/m0/s1. The molecule has 12 heteroatoms. The molecule has 4 rings (SSSR count). The molecule has 0 saturated carbocycles. The monoisotopic (exact) mass is 616 g/mol. The Morgan fingerprint density at radius 1 is 1.16 bits per heavy atom. The molecule has 43 heavy (non-hydrogen) atoms. The van der Waals surface area contributed by atoms with Gasteiger partial charge in [0.05, 0.1) is 12.1 Å². The molecule has 2 aliphatic rings. The Hall–Kier alpha value is -3.38. The van der Waals surface area contributed by atoms with E-state index in [1.54, 1.807) is 33.1 Å². The second-order valence-electron chi connectivity index (χ2n) is 12.1. The first-order chi connectivity index (χ1) is 20.3. The van der Waals surface area contributed by atoms with Crippen LogP contribution in [-0.2, 0) is 19.1 Å². The maximum Gasteiger partial charge on any atom is 0.410 e. The van der Waals surface area contributed by atoms with Gasteiger partial charge in [0.25, 0.3) is 0 Å². The molecule has 0 radical (unpaired) electrons. The van der Waals surface area contributed by atoms with Crippen molar-refractivity contribution in [2.45, 2.75) is 103 Å². The van der Waals surface area contributed by atoms with Gasteiger partial charge in [-0.2, -0.15) is 0 Å². The van der Waals surface area contributed by atoms with Crippen LogP contribution in [0.25, 0.3) is 0 Å². The molecule has 2 aliphatic heterocycles. The number of aromatic nitrogens is 1. The molecule has 0 aliphatic carbocycles. The van der Waals surface area contributed by atoms with Gasteiger partial charge in [-0.15, -0.1) is 11.3 Å². The van der Waals surface area contributed by atoms with Crippen molar-refractivity contribution in [3.05, 3.63) is 51.7 Å². The van der Waals surface area contributed by atoms with Crippen LogP contribution in [0.1, 0.15) is 93.8 Å². The van der Waals surface area contributed by atoms with Crippen LogP contribution in [0.15, 0.2) is 29.6 Å². The number of carbonyl (C=O) groups excluding carboxylic acids is 4. The number of nitrogens with one attached hydrogen (secondary N) is 1. The lowest BCUT2D eigenvalue weighted by atomic mass is 9.96. The van der Waals surface area contributed by atoms with Crippen molar-refractivity contribution < 1.29 is 33.0 Å². The molecule has 1 N–H and O–H groups in total. The average Bonchev–Trinajstić information content (AvgIpc) is 3.60. The molecular weight excluding hydrogens is 575 g/mol. The number of fused-ring (bicyclic) bond motifs is 1. The summed E-state index contributed by atoms with van der Waals surface area (Å²) in [6.45, 7) is 9.21. The van der Waals surface area contributed by atoms with Crippen molar-refractivity contribution in [3.8, 4) is 0 Å². The van der Waals surface area contributed by atoms with E-state index in [0.29, 0.717) is 30.0 Å². The highest BCUT2D eigenvalue weighted by atomic mass is 32.1. The maximum atomic E-state index is 14.2. The number of likely N-dealkylation sites (N-methyl/N-ethyl adjacent to an activating group) is 1. The van der Waals surface area contributed by atoms with E-state index in [0.717, 1.165) is 19.3 Å². The summed E-state index contributed by atoms with van der Waals surface area (Å²) >= 11 is 1.31. The molecule has 234 valence electrons. The number of benzene rings is 1. The molecule has 3 heterocycles. The quantitative estimate of drug-likeness (QED) is 0.421. The van der Waals surface area contributed by atoms with Gasteiger partial charge in [0.15, 0.2) is 0 Å². The van der Waals surface area contributed by atoms with Gasteiger partial charge in [0.2, 0.25) is 17.6 Å². The number of hydrogen-bond donors (Lipinski definition) is 1. The summed E-state index contributed by atoms with van der Waals surface area (Å²) in [7, 11) is 1.49. The number of nitrogens with zero attached hydrogens (tertiary/aromatic N) is 3. The van der Waals surface area contributed by atoms with E-state index in [-0.39, 0.29) is 35.6 Å². The van der Waals surface area contributed by atoms with Crippen LogP contribution in [0, 0.1) is 5.82 Å². The summed E-state index contributed by atoms with van der Waals surface area (Å²) in [5, 5.41) is 5.21. The van der Waals surface area contributed by atoms with Crippen LogP contribution in [0.3, 0.4) is 0 Å². The topological polar surface area (TPSA) is 118 Å². The molecular formula is C31H41FN4O6S. The van der Waals surface area contributed by atoms with E-state index in [9.17, 15) is 23.6 Å². The SMILES string of the molecule is CCO[C@@H]1CC[C@H]2CC[C@@H](c3nc(C(=O)c4ccc(F)cc4)cs3)N2C(=O)[C@@H](NC(=O)[C@H](C)N(C)C(=O)OC(C)(C)C)C1. The number of carbonyl (C=O) groups is 4.